The molecule has 0 saturated carbocycles. The fourth-order valence-corrected chi connectivity index (χ4v) is 2.12. The van der Waals surface area contributed by atoms with Gasteiger partial charge in [0.25, 0.3) is 0 Å². The van der Waals surface area contributed by atoms with Crippen molar-refractivity contribution < 1.29 is 9.21 Å². The summed E-state index contributed by atoms with van der Waals surface area (Å²) in [6.07, 6.45) is 10.5. The van der Waals surface area contributed by atoms with Gasteiger partial charge < -0.3 is 9.73 Å². The molecule has 1 N–H and O–H groups in total. The molecule has 5 heteroatoms. The topological polar surface area (TPSA) is 68.0 Å². The van der Waals surface area contributed by atoms with Crippen LogP contribution in [0.25, 0.3) is 11.1 Å². The van der Waals surface area contributed by atoms with Gasteiger partial charge in [-0.1, -0.05) is 6.07 Å². The first-order valence-corrected chi connectivity index (χ1v) is 6.93. The molecule has 0 aromatic carbocycles. The Labute approximate surface area is 128 Å². The highest BCUT2D eigenvalue weighted by Crippen LogP contribution is 2.19. The van der Waals surface area contributed by atoms with Gasteiger partial charge in [-0.3, -0.25) is 14.8 Å². The summed E-state index contributed by atoms with van der Waals surface area (Å²) >= 11 is 0. The Morgan fingerprint density at radius 2 is 2.00 bits per heavy atom. The van der Waals surface area contributed by atoms with Crippen LogP contribution >= 0.6 is 0 Å². The molecule has 3 aromatic rings. The van der Waals surface area contributed by atoms with E-state index in [2.05, 4.69) is 15.3 Å². The van der Waals surface area contributed by atoms with Crippen LogP contribution in [0.4, 0.5) is 0 Å². The van der Waals surface area contributed by atoms with Gasteiger partial charge in [0.1, 0.15) is 0 Å². The molecule has 0 aliphatic rings. The zero-order chi connectivity index (χ0) is 15.2. The summed E-state index contributed by atoms with van der Waals surface area (Å²) in [5, 5.41) is 2.89. The number of carbonyl (C=O) groups excluding carboxylic acids is 1. The van der Waals surface area contributed by atoms with E-state index < -0.39 is 0 Å². The summed E-state index contributed by atoms with van der Waals surface area (Å²) in [5.41, 5.74) is 3.77. The lowest BCUT2D eigenvalue weighted by molar-refractivity contribution is -0.120. The Morgan fingerprint density at radius 3 is 2.77 bits per heavy atom. The first-order valence-electron chi connectivity index (χ1n) is 6.93. The van der Waals surface area contributed by atoms with Crippen LogP contribution in [0, 0.1) is 0 Å². The van der Waals surface area contributed by atoms with Crippen molar-refractivity contribution in [2.24, 2.45) is 0 Å². The molecular weight excluding hydrogens is 278 g/mol. The quantitative estimate of drug-likeness (QED) is 0.785. The maximum Gasteiger partial charge on any atom is 0.224 e. The molecule has 0 atom stereocenters. The third-order valence-electron chi connectivity index (χ3n) is 3.23. The molecule has 5 nitrogen and oxygen atoms in total. The molecule has 3 heterocycles. The lowest BCUT2D eigenvalue weighted by Gasteiger charge is -2.06. The average Bonchev–Trinajstić information content (AvgIpc) is 3.09. The minimum Gasteiger partial charge on any atom is -0.472 e. The first kappa shape index (κ1) is 14.0. The number of pyridine rings is 2. The maximum atomic E-state index is 11.9. The number of aromatic nitrogens is 2. The summed E-state index contributed by atoms with van der Waals surface area (Å²) in [7, 11) is 0. The van der Waals surface area contributed by atoms with Gasteiger partial charge in [0.05, 0.1) is 18.9 Å². The van der Waals surface area contributed by atoms with Crippen molar-refractivity contribution >= 4 is 5.91 Å². The Morgan fingerprint density at radius 1 is 1.09 bits per heavy atom. The zero-order valence-electron chi connectivity index (χ0n) is 11.9. The molecule has 0 aliphatic carbocycles. The molecule has 0 fully saturated rings. The van der Waals surface area contributed by atoms with Crippen molar-refractivity contribution in [2.75, 3.05) is 0 Å². The molecule has 0 spiro atoms. The van der Waals surface area contributed by atoms with Crippen LogP contribution < -0.4 is 5.32 Å². The predicted molar refractivity (Wildman–Crippen MR) is 81.7 cm³/mol. The fourth-order valence-electron chi connectivity index (χ4n) is 2.12. The molecule has 0 aliphatic heterocycles. The molecule has 0 radical (unpaired) electrons. The number of furan rings is 1. The summed E-state index contributed by atoms with van der Waals surface area (Å²) in [6, 6.07) is 7.57. The zero-order valence-corrected chi connectivity index (χ0v) is 11.9. The van der Waals surface area contributed by atoms with E-state index in [-0.39, 0.29) is 5.91 Å². The number of nitrogens with one attached hydrogen (secondary N) is 1. The number of carbonyl (C=O) groups is 1. The Hall–Kier alpha value is -2.95. The average molecular weight is 293 g/mol. The SMILES string of the molecule is O=C(Cc1cccnc1)NCc1cncc(-c2ccoc2)c1. The highest BCUT2D eigenvalue weighted by molar-refractivity contribution is 5.78. The maximum absolute atomic E-state index is 11.9. The molecular formula is C17H15N3O2. The van der Waals surface area contributed by atoms with E-state index >= 15 is 0 Å². The third kappa shape index (κ3) is 3.58. The number of hydrogen-bond donors (Lipinski definition) is 1. The van der Waals surface area contributed by atoms with Crippen LogP contribution in [-0.2, 0) is 17.8 Å². The normalized spacial score (nSPS) is 10.4. The van der Waals surface area contributed by atoms with Gasteiger partial charge in [-0.05, 0) is 29.3 Å². The van der Waals surface area contributed by atoms with Crippen molar-refractivity contribution in [1.29, 1.82) is 0 Å². The summed E-state index contributed by atoms with van der Waals surface area (Å²) in [5.74, 6) is -0.0401. The molecule has 3 rings (SSSR count). The molecule has 3 aromatic heterocycles. The van der Waals surface area contributed by atoms with Crippen molar-refractivity contribution in [3.05, 3.63) is 72.7 Å². The van der Waals surface area contributed by atoms with E-state index in [1.807, 2.05) is 24.3 Å². The second kappa shape index (κ2) is 6.67. The van der Waals surface area contributed by atoms with Crippen LogP contribution in [0.3, 0.4) is 0 Å². The molecule has 0 saturated heterocycles. The standard InChI is InChI=1S/C17H15N3O2/c21-17(7-13-2-1-4-18-8-13)20-10-14-6-16(11-19-9-14)15-3-5-22-12-15/h1-6,8-9,11-12H,7,10H2,(H,20,21). The molecule has 22 heavy (non-hydrogen) atoms. The Bertz CT molecular complexity index is 740. The van der Waals surface area contributed by atoms with E-state index in [1.54, 1.807) is 37.3 Å². The van der Waals surface area contributed by atoms with Gasteiger partial charge in [0, 0.05) is 42.5 Å². The van der Waals surface area contributed by atoms with Crippen LogP contribution in [-0.4, -0.2) is 15.9 Å². The predicted octanol–water partition coefficient (Wildman–Crippen LogP) is 2.60. The molecule has 1 amide bonds. The fraction of sp³-hybridized carbons (Fsp3) is 0.118. The van der Waals surface area contributed by atoms with E-state index in [1.165, 1.54) is 0 Å². The Balaban J connectivity index is 1.60. The third-order valence-corrected chi connectivity index (χ3v) is 3.23. The summed E-state index contributed by atoms with van der Waals surface area (Å²) < 4.78 is 5.07. The highest BCUT2D eigenvalue weighted by Gasteiger charge is 2.05. The van der Waals surface area contributed by atoms with Gasteiger partial charge in [-0.2, -0.15) is 0 Å². The Kier molecular flexibility index (Phi) is 4.25. The summed E-state index contributed by atoms with van der Waals surface area (Å²) in [6.45, 7) is 0.442. The number of amides is 1. The second-order valence-electron chi connectivity index (χ2n) is 4.91. The smallest absolute Gasteiger partial charge is 0.224 e. The van der Waals surface area contributed by atoms with Gasteiger partial charge in [0.2, 0.25) is 5.91 Å². The van der Waals surface area contributed by atoms with Crippen molar-refractivity contribution in [2.45, 2.75) is 13.0 Å². The number of hydrogen-bond acceptors (Lipinski definition) is 4. The lowest BCUT2D eigenvalue weighted by Crippen LogP contribution is -2.24. The highest BCUT2D eigenvalue weighted by atomic mass is 16.3. The molecule has 0 unspecified atom stereocenters. The minimum absolute atomic E-state index is 0.0401. The lowest BCUT2D eigenvalue weighted by atomic mass is 10.1. The van der Waals surface area contributed by atoms with E-state index in [9.17, 15) is 4.79 Å². The van der Waals surface area contributed by atoms with Crippen LogP contribution in [0.2, 0.25) is 0 Å². The monoisotopic (exact) mass is 293 g/mol. The first-order chi connectivity index (χ1) is 10.8. The van der Waals surface area contributed by atoms with Crippen LogP contribution in [0.1, 0.15) is 11.1 Å². The second-order valence-corrected chi connectivity index (χ2v) is 4.91. The van der Waals surface area contributed by atoms with Gasteiger partial charge in [-0.15, -0.1) is 0 Å². The van der Waals surface area contributed by atoms with Crippen LogP contribution in [0.5, 0.6) is 0 Å². The van der Waals surface area contributed by atoms with Crippen molar-refractivity contribution in [3.63, 3.8) is 0 Å². The van der Waals surface area contributed by atoms with Gasteiger partial charge in [0.15, 0.2) is 0 Å². The van der Waals surface area contributed by atoms with Crippen molar-refractivity contribution in [1.82, 2.24) is 15.3 Å². The van der Waals surface area contributed by atoms with Crippen LogP contribution in [0.15, 0.2) is 66.0 Å². The molecule has 0 bridgehead atoms. The number of rotatable bonds is 5. The van der Waals surface area contributed by atoms with Crippen molar-refractivity contribution in [3.8, 4) is 11.1 Å². The van der Waals surface area contributed by atoms with Gasteiger partial charge >= 0.3 is 0 Å². The minimum atomic E-state index is -0.0401. The summed E-state index contributed by atoms with van der Waals surface area (Å²) in [4.78, 5) is 20.1. The number of nitrogens with zero attached hydrogens (tertiary/aromatic N) is 2. The van der Waals surface area contributed by atoms with E-state index in [4.69, 9.17) is 4.42 Å². The van der Waals surface area contributed by atoms with E-state index in [0.29, 0.717) is 13.0 Å². The largest absolute Gasteiger partial charge is 0.472 e. The molecule has 110 valence electrons. The van der Waals surface area contributed by atoms with E-state index in [0.717, 1.165) is 22.3 Å². The van der Waals surface area contributed by atoms with Gasteiger partial charge in [-0.25, -0.2) is 0 Å².